The fraction of sp³-hybridized carbons (Fsp3) is 0.292. The van der Waals surface area contributed by atoms with E-state index in [1.54, 1.807) is 42.5 Å². The molecular weight excluding hydrogens is 414 g/mol. The maximum Gasteiger partial charge on any atom is 0.308 e. The lowest BCUT2D eigenvalue weighted by atomic mass is 9.94. The second-order valence-corrected chi connectivity index (χ2v) is 7.20. The van der Waals surface area contributed by atoms with E-state index in [2.05, 4.69) is 0 Å². The fourth-order valence-electron chi connectivity index (χ4n) is 3.83. The van der Waals surface area contributed by atoms with Crippen molar-refractivity contribution in [3.63, 3.8) is 0 Å². The summed E-state index contributed by atoms with van der Waals surface area (Å²) < 4.78 is 15.9. The van der Waals surface area contributed by atoms with Crippen LogP contribution in [0.15, 0.2) is 48.0 Å². The average molecular weight is 439 g/mol. The van der Waals surface area contributed by atoms with E-state index in [1.807, 2.05) is 6.92 Å². The highest BCUT2D eigenvalue weighted by atomic mass is 16.5. The third-order valence-electron chi connectivity index (χ3n) is 5.10. The van der Waals surface area contributed by atoms with Crippen LogP contribution in [0.25, 0.3) is 5.76 Å². The molecule has 1 aliphatic heterocycles. The van der Waals surface area contributed by atoms with Crippen molar-refractivity contribution in [3.05, 3.63) is 59.2 Å². The number of hydrogen-bond acceptors (Lipinski definition) is 7. The summed E-state index contributed by atoms with van der Waals surface area (Å²) in [5.41, 5.74) is 0.603. The molecule has 0 spiro atoms. The monoisotopic (exact) mass is 439 g/mol. The molecule has 8 nitrogen and oxygen atoms in total. The van der Waals surface area contributed by atoms with Gasteiger partial charge >= 0.3 is 5.97 Å². The Labute approximate surface area is 186 Å². The molecule has 1 fully saturated rings. The van der Waals surface area contributed by atoms with E-state index in [-0.39, 0.29) is 28.4 Å². The number of ketones is 1. The Kier molecular flexibility index (Phi) is 6.82. The average Bonchev–Trinajstić information content (AvgIpc) is 3.03. The molecule has 0 saturated carbocycles. The van der Waals surface area contributed by atoms with Gasteiger partial charge in [0.25, 0.3) is 11.7 Å². The van der Waals surface area contributed by atoms with E-state index in [0.717, 1.165) is 0 Å². The van der Waals surface area contributed by atoms with Crippen LogP contribution >= 0.6 is 0 Å². The highest BCUT2D eigenvalue weighted by Crippen LogP contribution is 2.43. The Morgan fingerprint density at radius 3 is 2.25 bits per heavy atom. The number of esters is 1. The SMILES string of the molecule is CCCN1C(=O)C(=O)/C(=C(/O)c2c(OC)cccc2OC)C1c1cccc(OC(C)=O)c1. The minimum Gasteiger partial charge on any atom is -0.506 e. The number of aliphatic hydroxyl groups is 1. The number of aliphatic hydroxyl groups excluding tert-OH is 1. The number of rotatable bonds is 7. The maximum atomic E-state index is 13.1. The number of ether oxygens (including phenoxy) is 3. The summed E-state index contributed by atoms with van der Waals surface area (Å²) in [6.07, 6.45) is 0.602. The quantitative estimate of drug-likeness (QED) is 0.232. The van der Waals surface area contributed by atoms with E-state index >= 15 is 0 Å². The number of nitrogens with zero attached hydrogens (tertiary/aromatic N) is 1. The summed E-state index contributed by atoms with van der Waals surface area (Å²) in [6.45, 7) is 3.46. The molecule has 8 heteroatoms. The smallest absolute Gasteiger partial charge is 0.308 e. The molecule has 3 rings (SSSR count). The van der Waals surface area contributed by atoms with Gasteiger partial charge in [0.1, 0.15) is 28.6 Å². The van der Waals surface area contributed by atoms with Gasteiger partial charge in [-0.1, -0.05) is 25.1 Å². The molecule has 1 aliphatic rings. The maximum absolute atomic E-state index is 13.1. The van der Waals surface area contributed by atoms with Crippen LogP contribution in [0.2, 0.25) is 0 Å². The van der Waals surface area contributed by atoms with Crippen LogP contribution in [0, 0.1) is 0 Å². The Balaban J connectivity index is 2.27. The molecule has 0 bridgehead atoms. The lowest BCUT2D eigenvalue weighted by Gasteiger charge is -2.25. The van der Waals surface area contributed by atoms with Crippen molar-refractivity contribution in [1.82, 2.24) is 4.90 Å². The number of amides is 1. The zero-order valence-corrected chi connectivity index (χ0v) is 18.4. The first-order valence-corrected chi connectivity index (χ1v) is 10.1. The highest BCUT2D eigenvalue weighted by Gasteiger charge is 2.46. The first kappa shape index (κ1) is 22.9. The molecule has 1 saturated heterocycles. The van der Waals surface area contributed by atoms with Gasteiger partial charge in [-0.3, -0.25) is 14.4 Å². The lowest BCUT2D eigenvalue weighted by molar-refractivity contribution is -0.139. The molecule has 1 heterocycles. The summed E-state index contributed by atoms with van der Waals surface area (Å²) in [5.74, 6) is -1.58. The standard InChI is InChI=1S/C24H25NO7/c1-5-12-25-21(15-8-6-9-16(13-15)32-14(2)26)20(23(28)24(25)29)22(27)19-17(30-3)10-7-11-18(19)31-4/h6-11,13,21,27H,5,12H2,1-4H3/b22-20+. The third kappa shape index (κ3) is 4.16. The van der Waals surface area contributed by atoms with Crippen LogP contribution in [0.3, 0.4) is 0 Å². The van der Waals surface area contributed by atoms with Crippen LogP contribution in [0.4, 0.5) is 0 Å². The normalized spacial score (nSPS) is 17.4. The van der Waals surface area contributed by atoms with Gasteiger partial charge in [0.2, 0.25) is 0 Å². The van der Waals surface area contributed by atoms with Crippen molar-refractivity contribution in [3.8, 4) is 17.2 Å². The third-order valence-corrected chi connectivity index (χ3v) is 5.10. The Hall–Kier alpha value is -3.81. The van der Waals surface area contributed by atoms with Gasteiger partial charge in [-0.05, 0) is 36.2 Å². The summed E-state index contributed by atoms with van der Waals surface area (Å²) in [5, 5.41) is 11.3. The van der Waals surface area contributed by atoms with Crippen molar-refractivity contribution < 1.29 is 33.7 Å². The van der Waals surface area contributed by atoms with Gasteiger partial charge in [-0.2, -0.15) is 0 Å². The van der Waals surface area contributed by atoms with Crippen LogP contribution in [-0.4, -0.2) is 48.4 Å². The van der Waals surface area contributed by atoms with E-state index in [1.165, 1.54) is 26.0 Å². The number of benzene rings is 2. The van der Waals surface area contributed by atoms with Crippen LogP contribution < -0.4 is 14.2 Å². The van der Waals surface area contributed by atoms with E-state index in [9.17, 15) is 19.5 Å². The Bertz CT molecular complexity index is 1070. The second kappa shape index (κ2) is 9.55. The number of methoxy groups -OCH3 is 2. The molecule has 1 N–H and O–H groups in total. The van der Waals surface area contributed by atoms with Gasteiger partial charge < -0.3 is 24.2 Å². The molecule has 2 aromatic carbocycles. The molecule has 1 amide bonds. The minimum absolute atomic E-state index is 0.0915. The topological polar surface area (TPSA) is 102 Å². The van der Waals surface area contributed by atoms with Crippen molar-refractivity contribution in [2.45, 2.75) is 26.3 Å². The van der Waals surface area contributed by atoms with Crippen LogP contribution in [0.5, 0.6) is 17.2 Å². The molecule has 0 radical (unpaired) electrons. The lowest BCUT2D eigenvalue weighted by Crippen LogP contribution is -2.30. The molecular formula is C24H25NO7. The minimum atomic E-state index is -0.875. The van der Waals surface area contributed by atoms with Gasteiger partial charge in [-0.15, -0.1) is 0 Å². The number of hydrogen-bond donors (Lipinski definition) is 1. The first-order valence-electron chi connectivity index (χ1n) is 10.1. The molecule has 168 valence electrons. The number of carbonyl (C=O) groups excluding carboxylic acids is 3. The van der Waals surface area contributed by atoms with E-state index < -0.39 is 29.5 Å². The van der Waals surface area contributed by atoms with E-state index in [0.29, 0.717) is 18.5 Å². The predicted octanol–water partition coefficient (Wildman–Crippen LogP) is 3.46. The summed E-state index contributed by atoms with van der Waals surface area (Å²) in [6, 6.07) is 10.6. The zero-order chi connectivity index (χ0) is 23.4. The number of carbonyl (C=O) groups is 3. The van der Waals surface area contributed by atoms with Crippen molar-refractivity contribution in [1.29, 1.82) is 0 Å². The van der Waals surface area contributed by atoms with E-state index in [4.69, 9.17) is 14.2 Å². The van der Waals surface area contributed by atoms with Crippen LogP contribution in [0.1, 0.15) is 37.4 Å². The number of Topliss-reactive ketones (excluding diaryl/α,β-unsaturated/α-hetero) is 1. The highest BCUT2D eigenvalue weighted by molar-refractivity contribution is 6.46. The van der Waals surface area contributed by atoms with Crippen LogP contribution in [-0.2, 0) is 14.4 Å². The van der Waals surface area contributed by atoms with Gasteiger partial charge in [0.15, 0.2) is 0 Å². The van der Waals surface area contributed by atoms with Gasteiger partial charge in [0, 0.05) is 13.5 Å². The first-order chi connectivity index (χ1) is 15.3. The second-order valence-electron chi connectivity index (χ2n) is 7.20. The molecule has 0 aliphatic carbocycles. The van der Waals surface area contributed by atoms with Crippen molar-refractivity contribution in [2.75, 3.05) is 20.8 Å². The van der Waals surface area contributed by atoms with Gasteiger partial charge in [0.05, 0.1) is 25.8 Å². The largest absolute Gasteiger partial charge is 0.506 e. The Morgan fingerprint density at radius 1 is 1.06 bits per heavy atom. The predicted molar refractivity (Wildman–Crippen MR) is 117 cm³/mol. The summed E-state index contributed by atoms with van der Waals surface area (Å²) in [4.78, 5) is 38.8. The Morgan fingerprint density at radius 2 is 1.69 bits per heavy atom. The van der Waals surface area contributed by atoms with Crippen molar-refractivity contribution in [2.24, 2.45) is 0 Å². The molecule has 32 heavy (non-hydrogen) atoms. The fourth-order valence-corrected chi connectivity index (χ4v) is 3.83. The summed E-state index contributed by atoms with van der Waals surface area (Å²) in [7, 11) is 2.86. The number of likely N-dealkylation sites (tertiary alicyclic amines) is 1. The summed E-state index contributed by atoms with van der Waals surface area (Å²) >= 11 is 0. The zero-order valence-electron chi connectivity index (χ0n) is 18.4. The van der Waals surface area contributed by atoms with Gasteiger partial charge in [-0.25, -0.2) is 0 Å². The molecule has 1 atom stereocenters. The van der Waals surface area contributed by atoms with Crippen molar-refractivity contribution >= 4 is 23.4 Å². The molecule has 0 aromatic heterocycles. The molecule has 2 aromatic rings. The molecule has 1 unspecified atom stereocenters.